The highest BCUT2D eigenvalue weighted by Gasteiger charge is 2.40. The van der Waals surface area contributed by atoms with Gasteiger partial charge in [-0.05, 0) is 61.3 Å². The van der Waals surface area contributed by atoms with Crippen molar-refractivity contribution in [3.8, 4) is 0 Å². The number of hydrogen-bond donors (Lipinski definition) is 1. The molecule has 0 spiro atoms. The van der Waals surface area contributed by atoms with Crippen LogP contribution in [0.15, 0.2) is 21.7 Å². The molecule has 2 heterocycles. The third-order valence-corrected chi connectivity index (χ3v) is 9.17. The van der Waals surface area contributed by atoms with Gasteiger partial charge in [-0.2, -0.15) is 0 Å². The number of piperidine rings is 1. The van der Waals surface area contributed by atoms with E-state index in [4.69, 9.17) is 0 Å². The molecule has 1 aromatic rings. The molecule has 1 aromatic heterocycles. The van der Waals surface area contributed by atoms with Crippen molar-refractivity contribution in [1.82, 2.24) is 9.62 Å². The summed E-state index contributed by atoms with van der Waals surface area (Å²) in [6, 6.07) is 3.30. The van der Waals surface area contributed by atoms with Gasteiger partial charge in [-0.1, -0.05) is 12.5 Å². The first-order valence-electron chi connectivity index (χ1n) is 9.35. The van der Waals surface area contributed by atoms with E-state index in [1.54, 1.807) is 17.5 Å². The van der Waals surface area contributed by atoms with E-state index < -0.39 is 10.0 Å². The van der Waals surface area contributed by atoms with E-state index in [2.05, 4.69) is 4.72 Å². The lowest BCUT2D eigenvalue weighted by atomic mass is 9.86. The van der Waals surface area contributed by atoms with Gasteiger partial charge in [-0.25, -0.2) is 13.1 Å². The smallest absolute Gasteiger partial charge is 0.250 e. The Labute approximate surface area is 153 Å². The number of sulfonamides is 1. The predicted octanol–water partition coefficient (Wildman–Crippen LogP) is 2.84. The number of carbonyl (C=O) groups is 1. The number of carbonyl (C=O) groups excluding carboxylic acids is 1. The fraction of sp³-hybridized carbons (Fsp3) is 0.722. The van der Waals surface area contributed by atoms with Crippen molar-refractivity contribution in [3.63, 3.8) is 0 Å². The number of amides is 1. The van der Waals surface area contributed by atoms with Crippen molar-refractivity contribution in [3.05, 3.63) is 17.5 Å². The van der Waals surface area contributed by atoms with E-state index in [-0.39, 0.29) is 11.9 Å². The summed E-state index contributed by atoms with van der Waals surface area (Å²) in [6.07, 6.45) is 7.37. The monoisotopic (exact) mass is 382 g/mol. The Morgan fingerprint density at radius 3 is 2.60 bits per heavy atom. The highest BCUT2D eigenvalue weighted by molar-refractivity contribution is 7.91. The minimum absolute atomic E-state index is 0.0707. The van der Waals surface area contributed by atoms with Crippen LogP contribution in [0, 0.1) is 17.8 Å². The average molecular weight is 383 g/mol. The highest BCUT2D eigenvalue weighted by atomic mass is 32.2. The maximum absolute atomic E-state index is 12.6. The number of nitrogens with zero attached hydrogens (tertiary/aromatic N) is 1. The van der Waals surface area contributed by atoms with E-state index in [0.717, 1.165) is 11.8 Å². The fourth-order valence-electron chi connectivity index (χ4n) is 4.92. The van der Waals surface area contributed by atoms with E-state index in [9.17, 15) is 13.2 Å². The second-order valence-electron chi connectivity index (χ2n) is 7.85. The fourth-order valence-corrected chi connectivity index (χ4v) is 7.24. The first-order chi connectivity index (χ1) is 12.0. The van der Waals surface area contributed by atoms with Gasteiger partial charge in [0, 0.05) is 25.6 Å². The van der Waals surface area contributed by atoms with Crippen LogP contribution in [-0.4, -0.2) is 38.4 Å². The summed E-state index contributed by atoms with van der Waals surface area (Å²) < 4.78 is 27.8. The zero-order chi connectivity index (χ0) is 17.4. The highest BCUT2D eigenvalue weighted by Crippen LogP contribution is 2.49. The van der Waals surface area contributed by atoms with Gasteiger partial charge in [0.25, 0.3) is 0 Å². The molecule has 3 fully saturated rings. The first kappa shape index (κ1) is 17.5. The SMILES string of the molecule is O=C(CC1CC2CCC1C2)N1CCC(NS(=O)(=O)c2cccs2)CC1. The third-order valence-electron chi connectivity index (χ3n) is 6.25. The van der Waals surface area contributed by atoms with Crippen LogP contribution >= 0.6 is 11.3 Å². The lowest BCUT2D eigenvalue weighted by molar-refractivity contribution is -0.133. The molecular weight excluding hydrogens is 356 g/mol. The topological polar surface area (TPSA) is 66.5 Å². The van der Waals surface area contributed by atoms with Crippen LogP contribution in [0.5, 0.6) is 0 Å². The van der Waals surface area contributed by atoms with Crippen molar-refractivity contribution in [2.45, 2.75) is 55.2 Å². The Hall–Kier alpha value is -0.920. The zero-order valence-corrected chi connectivity index (χ0v) is 16.0. The number of likely N-dealkylation sites (tertiary alicyclic amines) is 1. The largest absolute Gasteiger partial charge is 0.343 e. The molecule has 3 aliphatic rings. The van der Waals surface area contributed by atoms with Crippen LogP contribution in [0.25, 0.3) is 0 Å². The predicted molar refractivity (Wildman–Crippen MR) is 97.8 cm³/mol. The number of thiophene rings is 1. The van der Waals surface area contributed by atoms with Crippen molar-refractivity contribution in [2.75, 3.05) is 13.1 Å². The van der Waals surface area contributed by atoms with Gasteiger partial charge in [0.15, 0.2) is 0 Å². The molecule has 2 saturated carbocycles. The Balaban J connectivity index is 1.26. The Morgan fingerprint density at radius 2 is 2.00 bits per heavy atom. The van der Waals surface area contributed by atoms with Gasteiger partial charge < -0.3 is 4.90 Å². The molecule has 3 unspecified atom stereocenters. The summed E-state index contributed by atoms with van der Waals surface area (Å²) in [4.78, 5) is 14.5. The van der Waals surface area contributed by atoms with Gasteiger partial charge >= 0.3 is 0 Å². The summed E-state index contributed by atoms with van der Waals surface area (Å²) >= 11 is 1.23. The summed E-state index contributed by atoms with van der Waals surface area (Å²) in [5, 5.41) is 1.77. The van der Waals surface area contributed by atoms with Crippen LogP contribution in [0.3, 0.4) is 0 Å². The van der Waals surface area contributed by atoms with Gasteiger partial charge in [-0.15, -0.1) is 11.3 Å². The molecule has 1 saturated heterocycles. The average Bonchev–Trinajstić information content (AvgIpc) is 3.33. The molecule has 2 aliphatic carbocycles. The molecule has 0 aromatic carbocycles. The summed E-state index contributed by atoms with van der Waals surface area (Å²) in [7, 11) is -3.41. The normalized spacial score (nSPS) is 30.1. The number of rotatable bonds is 5. The Morgan fingerprint density at radius 1 is 1.20 bits per heavy atom. The molecule has 138 valence electrons. The lowest BCUT2D eigenvalue weighted by Gasteiger charge is -2.33. The molecule has 25 heavy (non-hydrogen) atoms. The molecular formula is C18H26N2O3S2. The van der Waals surface area contributed by atoms with Crippen LogP contribution in [-0.2, 0) is 14.8 Å². The molecule has 0 radical (unpaired) electrons. The van der Waals surface area contributed by atoms with Crippen LogP contribution < -0.4 is 4.72 Å². The van der Waals surface area contributed by atoms with Crippen molar-refractivity contribution in [2.24, 2.45) is 17.8 Å². The van der Waals surface area contributed by atoms with Crippen LogP contribution in [0.1, 0.15) is 44.9 Å². The minimum atomic E-state index is -3.41. The van der Waals surface area contributed by atoms with Crippen LogP contribution in [0.2, 0.25) is 0 Å². The first-order valence-corrected chi connectivity index (χ1v) is 11.7. The van der Waals surface area contributed by atoms with Gasteiger partial charge in [0.2, 0.25) is 15.9 Å². The van der Waals surface area contributed by atoms with Crippen molar-refractivity contribution >= 4 is 27.3 Å². The van der Waals surface area contributed by atoms with Gasteiger partial charge in [-0.3, -0.25) is 4.79 Å². The Bertz CT molecular complexity index is 709. The maximum Gasteiger partial charge on any atom is 0.250 e. The van der Waals surface area contributed by atoms with Crippen LogP contribution in [0.4, 0.5) is 0 Å². The molecule has 4 rings (SSSR count). The molecule has 1 amide bonds. The molecule has 1 aliphatic heterocycles. The second kappa shape index (κ2) is 7.00. The number of fused-ring (bicyclic) bond motifs is 2. The Kier molecular flexibility index (Phi) is 4.90. The van der Waals surface area contributed by atoms with Gasteiger partial charge in [0.05, 0.1) is 0 Å². The molecule has 1 N–H and O–H groups in total. The molecule has 2 bridgehead atoms. The lowest BCUT2D eigenvalue weighted by Crippen LogP contribution is -2.46. The third kappa shape index (κ3) is 3.78. The van der Waals surface area contributed by atoms with Crippen molar-refractivity contribution in [1.29, 1.82) is 0 Å². The van der Waals surface area contributed by atoms with E-state index >= 15 is 0 Å². The van der Waals surface area contributed by atoms with E-state index in [1.807, 2.05) is 4.90 Å². The second-order valence-corrected chi connectivity index (χ2v) is 10.7. The summed E-state index contributed by atoms with van der Waals surface area (Å²) in [6.45, 7) is 1.33. The standard InChI is InChI=1S/C18H26N2O3S2/c21-17(12-15-11-13-3-4-14(15)10-13)20-7-5-16(6-8-20)19-25(22,23)18-2-1-9-24-18/h1-2,9,13-16,19H,3-8,10-12H2. The van der Waals surface area contributed by atoms with Gasteiger partial charge in [0.1, 0.15) is 4.21 Å². The minimum Gasteiger partial charge on any atom is -0.343 e. The maximum atomic E-state index is 12.6. The molecule has 3 atom stereocenters. The zero-order valence-electron chi connectivity index (χ0n) is 14.4. The summed E-state index contributed by atoms with van der Waals surface area (Å²) in [5.74, 6) is 2.53. The molecule has 5 nitrogen and oxygen atoms in total. The number of hydrogen-bond acceptors (Lipinski definition) is 4. The number of nitrogens with one attached hydrogen (secondary N) is 1. The van der Waals surface area contributed by atoms with Crippen molar-refractivity contribution < 1.29 is 13.2 Å². The van der Waals surface area contributed by atoms with E-state index in [0.29, 0.717) is 42.5 Å². The summed E-state index contributed by atoms with van der Waals surface area (Å²) in [5.41, 5.74) is 0. The molecule has 7 heteroatoms. The quantitative estimate of drug-likeness (QED) is 0.851. The van der Waals surface area contributed by atoms with E-state index in [1.165, 1.54) is 37.0 Å².